The highest BCUT2D eigenvalue weighted by atomic mass is 15.1. The molecule has 0 amide bonds. The molecule has 2 nitrogen and oxygen atoms in total. The van der Waals surface area contributed by atoms with Gasteiger partial charge in [0.25, 0.3) is 0 Å². The molecular formula is C64H50N2. The Balaban J connectivity index is 0.946. The summed E-state index contributed by atoms with van der Waals surface area (Å²) in [6, 6.07) is 80.3. The van der Waals surface area contributed by atoms with Gasteiger partial charge in [-0.15, -0.1) is 0 Å². The number of hydrogen-bond donors (Lipinski definition) is 0. The number of aromatic nitrogens is 1. The quantitative estimate of drug-likeness (QED) is 0.138. The van der Waals surface area contributed by atoms with Gasteiger partial charge < -0.3 is 9.47 Å². The summed E-state index contributed by atoms with van der Waals surface area (Å²) in [6.07, 6.45) is 4.50. The van der Waals surface area contributed by atoms with E-state index >= 15 is 0 Å². The van der Waals surface area contributed by atoms with Gasteiger partial charge in [0.1, 0.15) is 0 Å². The first-order valence-electron chi connectivity index (χ1n) is 23.2. The second-order valence-electron chi connectivity index (χ2n) is 19.0. The van der Waals surface area contributed by atoms with Crippen molar-refractivity contribution in [3.63, 3.8) is 0 Å². The van der Waals surface area contributed by atoms with E-state index in [0.29, 0.717) is 0 Å². The molecule has 2 heteroatoms. The van der Waals surface area contributed by atoms with Crippen LogP contribution < -0.4 is 4.90 Å². The standard InChI is InChI=1S/C64H50N2/c1-63(2)56-26-16-14-24-51(56)53-37-35-49(41-58(53)63)65(50-36-38-54-52-25-15-17-27-57(52)64(3,4)59(54)42-50)48-33-30-43(31-34-48)28-29-44-32-39-60-55(40-44)61(45-18-8-5-9-19-45)62(46-20-10-6-11-21-46)66(60)47-22-12-7-13-23-47/h5-42H,1-4H3/b29-28+. The Morgan fingerprint density at radius 3 is 1.41 bits per heavy atom. The van der Waals surface area contributed by atoms with E-state index in [-0.39, 0.29) is 10.8 Å². The van der Waals surface area contributed by atoms with Crippen LogP contribution in [0.5, 0.6) is 0 Å². The van der Waals surface area contributed by atoms with Gasteiger partial charge >= 0.3 is 0 Å². The monoisotopic (exact) mass is 846 g/mol. The molecule has 0 N–H and O–H groups in total. The highest BCUT2D eigenvalue weighted by Crippen LogP contribution is 2.53. The summed E-state index contributed by atoms with van der Waals surface area (Å²) in [5, 5.41) is 1.22. The summed E-state index contributed by atoms with van der Waals surface area (Å²) in [5.41, 5.74) is 23.5. The van der Waals surface area contributed by atoms with Crippen LogP contribution in [0.3, 0.4) is 0 Å². The number of hydrogen-bond acceptors (Lipinski definition) is 1. The van der Waals surface area contributed by atoms with Crippen molar-refractivity contribution < 1.29 is 0 Å². The highest BCUT2D eigenvalue weighted by Gasteiger charge is 2.37. The highest BCUT2D eigenvalue weighted by molar-refractivity contribution is 6.06. The van der Waals surface area contributed by atoms with Gasteiger partial charge in [0.05, 0.1) is 11.2 Å². The Bertz CT molecular complexity index is 3390. The first kappa shape index (κ1) is 39.6. The summed E-state index contributed by atoms with van der Waals surface area (Å²) in [6.45, 7) is 9.46. The summed E-state index contributed by atoms with van der Waals surface area (Å²) in [5.74, 6) is 0. The van der Waals surface area contributed by atoms with E-state index in [1.54, 1.807) is 0 Å². The van der Waals surface area contributed by atoms with Crippen molar-refractivity contribution in [1.82, 2.24) is 4.57 Å². The van der Waals surface area contributed by atoms with Gasteiger partial charge in [0.2, 0.25) is 0 Å². The van der Waals surface area contributed by atoms with Crippen LogP contribution in [0.15, 0.2) is 218 Å². The lowest BCUT2D eigenvalue weighted by Gasteiger charge is -2.29. The molecular weight excluding hydrogens is 797 g/mol. The van der Waals surface area contributed by atoms with Gasteiger partial charge in [-0.25, -0.2) is 0 Å². The molecule has 9 aromatic carbocycles. The molecule has 0 atom stereocenters. The molecule has 0 radical (unpaired) electrons. The van der Waals surface area contributed by atoms with Crippen LogP contribution in [0.2, 0.25) is 0 Å². The summed E-state index contributed by atoms with van der Waals surface area (Å²) < 4.78 is 2.42. The smallest absolute Gasteiger partial charge is 0.0619 e. The lowest BCUT2D eigenvalue weighted by molar-refractivity contribution is 0.660. The Morgan fingerprint density at radius 1 is 0.379 bits per heavy atom. The van der Waals surface area contributed by atoms with Gasteiger partial charge in [0, 0.05) is 44.5 Å². The average molecular weight is 847 g/mol. The van der Waals surface area contributed by atoms with E-state index in [2.05, 4.69) is 268 Å². The van der Waals surface area contributed by atoms with Crippen LogP contribution in [0, 0.1) is 0 Å². The number of nitrogens with zero attached hydrogens (tertiary/aromatic N) is 2. The van der Waals surface area contributed by atoms with Crippen molar-refractivity contribution in [2.45, 2.75) is 38.5 Å². The SMILES string of the molecule is CC1(C)c2ccccc2-c2ccc(N(c3ccc(/C=C/c4ccc5c(c4)c(-c4ccccc4)c(-c4ccccc4)n5-c4ccccc4)cc3)c3ccc4c(c3)C(C)(C)c3ccccc3-4)cc21. The van der Waals surface area contributed by atoms with Crippen LogP contribution in [0.4, 0.5) is 17.1 Å². The molecule has 0 bridgehead atoms. The van der Waals surface area contributed by atoms with Crippen LogP contribution >= 0.6 is 0 Å². The predicted molar refractivity (Wildman–Crippen MR) is 279 cm³/mol. The summed E-state index contributed by atoms with van der Waals surface area (Å²) in [7, 11) is 0. The van der Waals surface area contributed by atoms with Crippen molar-refractivity contribution in [3.8, 4) is 50.3 Å². The Labute approximate surface area is 388 Å². The maximum atomic E-state index is 2.45. The lowest BCUT2D eigenvalue weighted by atomic mass is 9.82. The lowest BCUT2D eigenvalue weighted by Crippen LogP contribution is -2.18. The average Bonchev–Trinajstić information content (AvgIpc) is 3.91. The second kappa shape index (κ2) is 15.4. The zero-order chi connectivity index (χ0) is 44.6. The molecule has 1 aromatic heterocycles. The third-order valence-electron chi connectivity index (χ3n) is 14.4. The third-order valence-corrected chi connectivity index (χ3v) is 14.4. The van der Waals surface area contributed by atoms with Gasteiger partial charge in [-0.05, 0) is 127 Å². The van der Waals surface area contributed by atoms with Crippen LogP contribution in [-0.4, -0.2) is 4.57 Å². The van der Waals surface area contributed by atoms with E-state index in [0.717, 1.165) is 33.9 Å². The predicted octanol–water partition coefficient (Wildman–Crippen LogP) is 17.2. The van der Waals surface area contributed by atoms with Gasteiger partial charge in [0.15, 0.2) is 0 Å². The fourth-order valence-electron chi connectivity index (χ4n) is 11.1. The van der Waals surface area contributed by atoms with E-state index in [4.69, 9.17) is 0 Å². The molecule has 1 heterocycles. The topological polar surface area (TPSA) is 8.17 Å². The van der Waals surface area contributed by atoms with Crippen molar-refractivity contribution in [1.29, 1.82) is 0 Å². The molecule has 0 spiro atoms. The largest absolute Gasteiger partial charge is 0.310 e. The maximum absolute atomic E-state index is 2.45. The molecule has 2 aliphatic carbocycles. The second-order valence-corrected chi connectivity index (χ2v) is 19.0. The minimum atomic E-state index is -0.109. The fourth-order valence-corrected chi connectivity index (χ4v) is 11.1. The number of rotatable bonds is 8. The molecule has 12 rings (SSSR count). The molecule has 0 fully saturated rings. The zero-order valence-electron chi connectivity index (χ0n) is 37.8. The molecule has 66 heavy (non-hydrogen) atoms. The van der Waals surface area contributed by atoms with E-state index in [9.17, 15) is 0 Å². The Kier molecular flexibility index (Phi) is 9.22. The number of benzene rings is 9. The minimum Gasteiger partial charge on any atom is -0.310 e. The first-order valence-corrected chi connectivity index (χ1v) is 23.2. The van der Waals surface area contributed by atoms with Gasteiger partial charge in [-0.1, -0.05) is 198 Å². The third kappa shape index (κ3) is 6.31. The van der Waals surface area contributed by atoms with E-state index < -0.39 is 0 Å². The Hall–Kier alpha value is -7.94. The molecule has 316 valence electrons. The molecule has 10 aromatic rings. The van der Waals surface area contributed by atoms with Crippen LogP contribution in [0.25, 0.3) is 73.4 Å². The van der Waals surface area contributed by atoms with Crippen molar-refractivity contribution in [2.24, 2.45) is 0 Å². The summed E-state index contributed by atoms with van der Waals surface area (Å²) in [4.78, 5) is 2.45. The van der Waals surface area contributed by atoms with E-state index in [1.807, 2.05) is 0 Å². The maximum Gasteiger partial charge on any atom is 0.0619 e. The fraction of sp³-hybridized carbons (Fsp3) is 0.0938. The summed E-state index contributed by atoms with van der Waals surface area (Å²) >= 11 is 0. The molecule has 0 unspecified atom stereocenters. The molecule has 0 saturated heterocycles. The van der Waals surface area contributed by atoms with Crippen molar-refractivity contribution >= 4 is 40.1 Å². The minimum absolute atomic E-state index is 0.109. The number of fused-ring (bicyclic) bond motifs is 7. The van der Waals surface area contributed by atoms with E-state index in [1.165, 1.54) is 77.8 Å². The van der Waals surface area contributed by atoms with Crippen LogP contribution in [-0.2, 0) is 10.8 Å². The zero-order valence-corrected chi connectivity index (χ0v) is 37.8. The number of para-hydroxylation sites is 1. The molecule has 2 aliphatic rings. The van der Waals surface area contributed by atoms with Crippen molar-refractivity contribution in [3.05, 3.63) is 252 Å². The molecule has 0 aliphatic heterocycles. The van der Waals surface area contributed by atoms with Gasteiger partial charge in [-0.3, -0.25) is 0 Å². The first-order chi connectivity index (χ1) is 32.3. The molecule has 0 saturated carbocycles. The number of anilines is 3. The normalized spacial score (nSPS) is 13.9. The van der Waals surface area contributed by atoms with Crippen LogP contribution in [0.1, 0.15) is 61.1 Å². The van der Waals surface area contributed by atoms with Gasteiger partial charge in [-0.2, -0.15) is 0 Å². The van der Waals surface area contributed by atoms with Crippen molar-refractivity contribution in [2.75, 3.05) is 4.90 Å². The Morgan fingerprint density at radius 2 is 0.833 bits per heavy atom.